The molecule has 0 aliphatic rings. The number of nitrogens with zero attached hydrogens (tertiary/aromatic N) is 4. The summed E-state index contributed by atoms with van der Waals surface area (Å²) in [6.45, 7) is 4.64. The lowest BCUT2D eigenvalue weighted by Crippen LogP contribution is -2.16. The van der Waals surface area contributed by atoms with E-state index in [2.05, 4.69) is 15.3 Å². The van der Waals surface area contributed by atoms with Crippen LogP contribution in [0.5, 0.6) is 0 Å². The minimum atomic E-state index is -4.77. The molecule has 154 valence electrons. The second-order valence-corrected chi connectivity index (χ2v) is 6.95. The van der Waals surface area contributed by atoms with Crippen LogP contribution in [-0.4, -0.2) is 20.4 Å². The van der Waals surface area contributed by atoms with Crippen molar-refractivity contribution in [3.63, 3.8) is 0 Å². The minimum absolute atomic E-state index is 0.137. The summed E-state index contributed by atoms with van der Waals surface area (Å²) in [6, 6.07) is 9.42. The Bertz CT molecular complexity index is 1110. The number of hydrogen-bond donors (Lipinski definition) is 1. The van der Waals surface area contributed by atoms with Crippen molar-refractivity contribution in [2.45, 2.75) is 32.5 Å². The van der Waals surface area contributed by atoms with E-state index in [0.29, 0.717) is 12.2 Å². The normalized spacial score (nSPS) is 11.4. The van der Waals surface area contributed by atoms with E-state index in [1.165, 1.54) is 6.07 Å². The monoisotopic (exact) mass is 413 g/mol. The first kappa shape index (κ1) is 21.0. The van der Waals surface area contributed by atoms with Crippen LogP contribution in [0.25, 0.3) is 0 Å². The molecule has 1 N–H and O–H groups in total. The van der Waals surface area contributed by atoms with Crippen molar-refractivity contribution in [1.82, 2.24) is 14.5 Å². The van der Waals surface area contributed by atoms with Gasteiger partial charge in [0.25, 0.3) is 5.91 Å². The van der Waals surface area contributed by atoms with Crippen LogP contribution in [0.1, 0.15) is 52.8 Å². The molecule has 0 aliphatic heterocycles. The molecule has 0 radical (unpaired) electrons. The number of imidazole rings is 1. The highest BCUT2D eigenvalue weighted by Crippen LogP contribution is 2.30. The summed E-state index contributed by atoms with van der Waals surface area (Å²) in [6.07, 6.45) is -0.358. The smallest absolute Gasteiger partial charge is 0.330 e. The fraction of sp³-hybridized carbons (Fsp3) is 0.238. The van der Waals surface area contributed by atoms with Gasteiger partial charge in [-0.2, -0.15) is 18.4 Å². The number of aromatic nitrogens is 3. The number of anilines is 1. The van der Waals surface area contributed by atoms with Gasteiger partial charge in [0, 0.05) is 36.7 Å². The first-order valence-corrected chi connectivity index (χ1v) is 9.07. The zero-order valence-electron chi connectivity index (χ0n) is 16.2. The minimum Gasteiger partial charge on any atom is -0.330 e. The summed E-state index contributed by atoms with van der Waals surface area (Å²) < 4.78 is 40.6. The van der Waals surface area contributed by atoms with Crippen LogP contribution in [0.4, 0.5) is 18.9 Å². The predicted octanol–water partition coefficient (Wildman–Crippen LogP) is 4.59. The summed E-state index contributed by atoms with van der Waals surface area (Å²) in [5, 5.41) is 11.6. The van der Waals surface area contributed by atoms with E-state index < -0.39 is 23.3 Å². The molecule has 30 heavy (non-hydrogen) atoms. The Hall–Kier alpha value is -3.67. The van der Waals surface area contributed by atoms with Crippen LogP contribution in [-0.2, 0) is 12.7 Å². The topological polar surface area (TPSA) is 83.6 Å². The fourth-order valence-corrected chi connectivity index (χ4v) is 3.00. The van der Waals surface area contributed by atoms with Crippen LogP contribution in [0, 0.1) is 11.3 Å². The Morgan fingerprint density at radius 1 is 1.27 bits per heavy atom. The van der Waals surface area contributed by atoms with Gasteiger partial charge in [-0.3, -0.25) is 4.79 Å². The summed E-state index contributed by atoms with van der Waals surface area (Å²) >= 11 is 0. The number of benzene rings is 1. The van der Waals surface area contributed by atoms with Gasteiger partial charge in [0.05, 0.1) is 11.1 Å². The van der Waals surface area contributed by atoms with Crippen molar-refractivity contribution in [3.05, 3.63) is 77.1 Å². The molecule has 3 aromatic rings. The number of pyridine rings is 1. The number of carbonyl (C=O) groups excluding carboxylic acids is 1. The lowest BCUT2D eigenvalue weighted by Gasteiger charge is -2.12. The summed E-state index contributed by atoms with van der Waals surface area (Å²) in [5.41, 5.74) is -0.769. The van der Waals surface area contributed by atoms with Crippen molar-refractivity contribution < 1.29 is 18.0 Å². The third-order valence-electron chi connectivity index (χ3n) is 4.34. The maximum absolute atomic E-state index is 12.9. The zero-order chi connectivity index (χ0) is 21.9. The van der Waals surface area contributed by atoms with Gasteiger partial charge in [0.15, 0.2) is 5.69 Å². The molecule has 1 amide bonds. The number of amides is 1. The number of nitrogens with one attached hydrogen (secondary N) is 1. The molecule has 0 bridgehead atoms. The molecule has 2 aromatic heterocycles. The van der Waals surface area contributed by atoms with Crippen molar-refractivity contribution >= 4 is 11.6 Å². The molecule has 1 aromatic carbocycles. The molecule has 2 heterocycles. The summed E-state index contributed by atoms with van der Waals surface area (Å²) in [4.78, 5) is 20.1. The largest absolute Gasteiger partial charge is 0.434 e. The quantitative estimate of drug-likeness (QED) is 0.663. The third kappa shape index (κ3) is 4.66. The number of halogens is 3. The molecule has 3 rings (SSSR count). The van der Waals surface area contributed by atoms with Crippen LogP contribution in [0.2, 0.25) is 0 Å². The molecular weight excluding hydrogens is 395 g/mol. The van der Waals surface area contributed by atoms with Gasteiger partial charge in [0.2, 0.25) is 0 Å². The van der Waals surface area contributed by atoms with E-state index in [9.17, 15) is 18.0 Å². The molecule has 0 saturated carbocycles. The highest BCUT2D eigenvalue weighted by Gasteiger charge is 2.36. The number of carbonyl (C=O) groups is 1. The van der Waals surface area contributed by atoms with Crippen molar-refractivity contribution in [3.8, 4) is 6.07 Å². The van der Waals surface area contributed by atoms with Gasteiger partial charge in [-0.25, -0.2) is 9.97 Å². The van der Waals surface area contributed by atoms with E-state index in [-0.39, 0.29) is 11.5 Å². The first-order chi connectivity index (χ1) is 14.2. The first-order valence-electron chi connectivity index (χ1n) is 9.07. The second-order valence-electron chi connectivity index (χ2n) is 6.95. The molecule has 6 nitrogen and oxygen atoms in total. The number of rotatable bonds is 5. The Kier molecular flexibility index (Phi) is 5.87. The highest BCUT2D eigenvalue weighted by molar-refractivity contribution is 6.04. The Labute approximate surface area is 171 Å². The average Bonchev–Trinajstić information content (AvgIpc) is 3.15. The Morgan fingerprint density at radius 3 is 2.70 bits per heavy atom. The van der Waals surface area contributed by atoms with Gasteiger partial charge in [-0.05, 0) is 23.8 Å². The van der Waals surface area contributed by atoms with Gasteiger partial charge in [-0.15, -0.1) is 0 Å². The predicted molar refractivity (Wildman–Crippen MR) is 104 cm³/mol. The molecule has 0 spiro atoms. The molecule has 0 fully saturated rings. The Morgan fingerprint density at radius 2 is 2.03 bits per heavy atom. The number of nitriles is 1. The van der Waals surface area contributed by atoms with E-state index in [1.54, 1.807) is 24.4 Å². The second kappa shape index (κ2) is 8.37. The van der Waals surface area contributed by atoms with Crippen molar-refractivity contribution in [2.75, 3.05) is 5.32 Å². The molecule has 0 saturated heterocycles. The van der Waals surface area contributed by atoms with Crippen molar-refractivity contribution in [2.24, 2.45) is 0 Å². The lowest BCUT2D eigenvalue weighted by molar-refractivity contribution is -0.141. The van der Waals surface area contributed by atoms with Crippen LogP contribution in [0.15, 0.2) is 48.9 Å². The maximum Gasteiger partial charge on any atom is 0.434 e. The van der Waals surface area contributed by atoms with E-state index in [1.807, 2.05) is 30.7 Å². The summed E-state index contributed by atoms with van der Waals surface area (Å²) in [7, 11) is 0. The van der Waals surface area contributed by atoms with Crippen molar-refractivity contribution in [1.29, 1.82) is 5.26 Å². The average molecular weight is 413 g/mol. The van der Waals surface area contributed by atoms with Gasteiger partial charge < -0.3 is 9.88 Å². The van der Waals surface area contributed by atoms with E-state index in [4.69, 9.17) is 5.26 Å². The lowest BCUT2D eigenvalue weighted by atomic mass is 10.1. The molecule has 0 aliphatic carbocycles. The van der Waals surface area contributed by atoms with E-state index >= 15 is 0 Å². The van der Waals surface area contributed by atoms with Crippen LogP contribution in [0.3, 0.4) is 0 Å². The highest BCUT2D eigenvalue weighted by atomic mass is 19.4. The third-order valence-corrected chi connectivity index (χ3v) is 4.34. The standard InChI is InChI=1S/C21H18F3N5O/c1-13(2)19-26-6-7-29(19)12-14-4-3-5-17(8-14)28-20(30)16-9-15(10-25)18(27-11-16)21(22,23)24/h3-9,11,13H,12H2,1-2H3,(H,28,30). The van der Waals surface area contributed by atoms with Crippen LogP contribution >= 0.6 is 0 Å². The molecular formula is C21H18F3N5O. The summed E-state index contributed by atoms with van der Waals surface area (Å²) in [5.74, 6) is 0.532. The zero-order valence-corrected chi connectivity index (χ0v) is 16.2. The molecule has 0 unspecified atom stereocenters. The Balaban J connectivity index is 1.79. The molecule has 0 atom stereocenters. The fourth-order valence-electron chi connectivity index (χ4n) is 3.00. The van der Waals surface area contributed by atoms with Crippen LogP contribution < -0.4 is 5.32 Å². The van der Waals surface area contributed by atoms with Gasteiger partial charge >= 0.3 is 6.18 Å². The van der Waals surface area contributed by atoms with Gasteiger partial charge in [0.1, 0.15) is 11.9 Å². The molecule has 9 heteroatoms. The number of alkyl halides is 3. The maximum atomic E-state index is 12.9. The SMILES string of the molecule is CC(C)c1nccn1Cc1cccc(NC(=O)c2cnc(C(F)(F)F)c(C#N)c2)c1. The van der Waals surface area contributed by atoms with Gasteiger partial charge in [-0.1, -0.05) is 26.0 Å². The van der Waals surface area contributed by atoms with E-state index in [0.717, 1.165) is 23.7 Å². The number of hydrogen-bond acceptors (Lipinski definition) is 4.